The van der Waals surface area contributed by atoms with E-state index in [1.807, 2.05) is 0 Å². The van der Waals surface area contributed by atoms with Crippen LogP contribution in [-0.2, 0) is 15.5 Å². The van der Waals surface area contributed by atoms with Gasteiger partial charge in [-0.3, -0.25) is 0 Å². The van der Waals surface area contributed by atoms with Crippen LogP contribution in [0.5, 0.6) is 0 Å². The SMILES string of the molecule is CC(C)[S+]=P(O)(O)P(=O)(O)O. The van der Waals surface area contributed by atoms with Crippen LogP contribution in [0.2, 0.25) is 0 Å². The van der Waals surface area contributed by atoms with Crippen LogP contribution in [0.3, 0.4) is 0 Å². The molecule has 0 aliphatic heterocycles. The van der Waals surface area contributed by atoms with E-state index in [9.17, 15) is 4.57 Å². The quantitative estimate of drug-likeness (QED) is 0.397. The van der Waals surface area contributed by atoms with Crippen LogP contribution in [0.1, 0.15) is 13.8 Å². The molecule has 0 heterocycles. The van der Waals surface area contributed by atoms with Crippen molar-refractivity contribution in [3.05, 3.63) is 0 Å². The van der Waals surface area contributed by atoms with E-state index >= 15 is 0 Å². The molecule has 0 radical (unpaired) electrons. The molecular weight excluding hydrogens is 210 g/mol. The minimum Gasteiger partial charge on any atom is -0.315 e. The molecule has 0 fully saturated rings. The van der Waals surface area contributed by atoms with Gasteiger partial charge in [-0.05, 0) is 13.8 Å². The first kappa shape index (κ1) is 11.7. The van der Waals surface area contributed by atoms with Crippen molar-refractivity contribution >= 4 is 24.4 Å². The lowest BCUT2D eigenvalue weighted by molar-refractivity contribution is 0.375. The molecule has 0 spiro atoms. The molecule has 0 atom stereocenters. The minimum absolute atomic E-state index is 0.217. The van der Waals surface area contributed by atoms with Crippen LogP contribution in [-0.4, -0.2) is 24.8 Å². The Morgan fingerprint density at radius 3 is 1.64 bits per heavy atom. The average molecular weight is 221 g/mol. The molecule has 0 aromatic heterocycles. The molecule has 8 heteroatoms. The molecule has 11 heavy (non-hydrogen) atoms. The monoisotopic (exact) mass is 221 g/mol. The third-order valence-electron chi connectivity index (χ3n) is 0.692. The van der Waals surface area contributed by atoms with Crippen molar-refractivity contribution in [2.75, 3.05) is 0 Å². The topological polar surface area (TPSA) is 98.0 Å². The predicted octanol–water partition coefficient (Wildman–Crippen LogP) is 0.317. The second-order valence-electron chi connectivity index (χ2n) is 2.18. The van der Waals surface area contributed by atoms with Crippen LogP contribution in [0.15, 0.2) is 0 Å². The van der Waals surface area contributed by atoms with Crippen molar-refractivity contribution in [3.8, 4) is 0 Å². The second-order valence-corrected chi connectivity index (χ2v) is 11.6. The van der Waals surface area contributed by atoms with Gasteiger partial charge in [-0.15, -0.1) is 0 Å². The summed E-state index contributed by atoms with van der Waals surface area (Å²) in [6.07, 6.45) is -4.10. The Bertz CT molecular complexity index is 224. The smallest absolute Gasteiger partial charge is 0.315 e. The first-order chi connectivity index (χ1) is 4.67. The Hall–Kier alpha value is 0.720. The molecule has 0 rings (SSSR count). The van der Waals surface area contributed by atoms with Gasteiger partial charge in [-0.2, -0.15) is 0 Å². The highest BCUT2D eigenvalue weighted by Gasteiger charge is 2.45. The van der Waals surface area contributed by atoms with Crippen LogP contribution in [0.4, 0.5) is 0 Å². The molecule has 0 bridgehead atoms. The molecule has 0 unspecified atom stereocenters. The number of hydrogen-bond acceptors (Lipinski definition) is 1. The van der Waals surface area contributed by atoms with Crippen molar-refractivity contribution in [2.24, 2.45) is 0 Å². The zero-order valence-electron chi connectivity index (χ0n) is 6.08. The van der Waals surface area contributed by atoms with Crippen molar-refractivity contribution < 1.29 is 24.1 Å². The summed E-state index contributed by atoms with van der Waals surface area (Å²) >= 11 is 0. The Morgan fingerprint density at radius 1 is 1.18 bits per heavy atom. The lowest BCUT2D eigenvalue weighted by Gasteiger charge is -2.02. The van der Waals surface area contributed by atoms with Gasteiger partial charge in [0.2, 0.25) is 10.9 Å². The van der Waals surface area contributed by atoms with Crippen LogP contribution < -0.4 is 0 Å². The maximum absolute atomic E-state index is 10.4. The van der Waals surface area contributed by atoms with Gasteiger partial charge < -0.3 is 19.6 Å². The fourth-order valence-electron chi connectivity index (χ4n) is 0.344. The molecule has 0 aliphatic carbocycles. The van der Waals surface area contributed by atoms with Gasteiger partial charge in [0.25, 0.3) is 0 Å². The molecule has 0 saturated heterocycles. The minimum atomic E-state index is -4.74. The molecular formula is C3H11O5P2S+. The van der Waals surface area contributed by atoms with E-state index in [2.05, 4.69) is 0 Å². The predicted molar refractivity (Wildman–Crippen MR) is 45.9 cm³/mol. The summed E-state index contributed by atoms with van der Waals surface area (Å²) in [5.74, 6) is 0. The summed E-state index contributed by atoms with van der Waals surface area (Å²) in [4.78, 5) is 34.6. The van der Waals surface area contributed by atoms with Crippen molar-refractivity contribution in [2.45, 2.75) is 19.1 Å². The van der Waals surface area contributed by atoms with Crippen LogP contribution in [0.25, 0.3) is 0 Å². The molecule has 0 aromatic rings. The Balaban J connectivity index is 4.89. The first-order valence-corrected chi connectivity index (χ1v) is 8.25. The summed E-state index contributed by atoms with van der Waals surface area (Å²) in [5.41, 5.74) is 0. The van der Waals surface area contributed by atoms with Gasteiger partial charge >= 0.3 is 13.5 Å². The summed E-state index contributed by atoms with van der Waals surface area (Å²) in [6, 6.07) is 0. The Kier molecular flexibility index (Phi) is 3.86. The lowest BCUT2D eigenvalue weighted by Crippen LogP contribution is -1.93. The van der Waals surface area contributed by atoms with Gasteiger partial charge in [0.15, 0.2) is 5.25 Å². The largest absolute Gasteiger partial charge is 0.480 e. The molecule has 0 amide bonds. The highest BCUT2D eigenvalue weighted by Crippen LogP contribution is 2.73. The van der Waals surface area contributed by atoms with Crippen LogP contribution in [0, 0.1) is 0 Å². The zero-order chi connectivity index (χ0) is 9.28. The second kappa shape index (κ2) is 3.62. The maximum atomic E-state index is 10.4. The number of rotatable bonds is 2. The van der Waals surface area contributed by atoms with E-state index in [0.717, 1.165) is 0 Å². The van der Waals surface area contributed by atoms with E-state index in [-0.39, 0.29) is 5.25 Å². The summed E-state index contributed by atoms with van der Waals surface area (Å²) < 4.78 is 10.4. The van der Waals surface area contributed by atoms with E-state index in [4.69, 9.17) is 19.6 Å². The molecule has 68 valence electrons. The summed E-state index contributed by atoms with van der Waals surface area (Å²) in [6.45, 7) is 3.25. The van der Waals surface area contributed by atoms with Crippen molar-refractivity contribution in [3.63, 3.8) is 0 Å². The molecule has 0 aliphatic rings. The fourth-order valence-corrected chi connectivity index (χ4v) is 5.90. The Morgan fingerprint density at radius 2 is 1.55 bits per heavy atom. The molecule has 0 saturated carbocycles. The average Bonchev–Trinajstić information content (AvgIpc) is 1.56. The van der Waals surface area contributed by atoms with E-state index in [0.29, 0.717) is 10.9 Å². The zero-order valence-corrected chi connectivity index (χ0v) is 8.68. The highest BCUT2D eigenvalue weighted by molar-refractivity contribution is 8.50. The van der Waals surface area contributed by atoms with Crippen molar-refractivity contribution in [1.29, 1.82) is 0 Å². The van der Waals surface area contributed by atoms with E-state index < -0.39 is 13.5 Å². The fraction of sp³-hybridized carbons (Fsp3) is 1.00. The third-order valence-corrected chi connectivity index (χ3v) is 8.99. The highest BCUT2D eigenvalue weighted by atomic mass is 32.7. The van der Waals surface area contributed by atoms with Gasteiger partial charge in [-0.1, -0.05) is 0 Å². The van der Waals surface area contributed by atoms with Gasteiger partial charge in [-0.25, -0.2) is 4.57 Å². The van der Waals surface area contributed by atoms with E-state index in [1.54, 1.807) is 13.8 Å². The third kappa shape index (κ3) is 3.76. The molecule has 5 nitrogen and oxygen atoms in total. The lowest BCUT2D eigenvalue weighted by atomic mass is 10.6. The molecule has 4 N–H and O–H groups in total. The van der Waals surface area contributed by atoms with Gasteiger partial charge in [0.05, 0.1) is 0 Å². The van der Waals surface area contributed by atoms with Crippen molar-refractivity contribution in [1.82, 2.24) is 0 Å². The van der Waals surface area contributed by atoms with E-state index in [1.165, 1.54) is 0 Å². The summed E-state index contributed by atoms with van der Waals surface area (Å²) in [5, 5.41) is -0.217. The standard InChI is InChI=1S/C3H10O5P2S/c1-3(2)11-10(7,8)9(4,5)6/h3H,1-2H3,(H3-,4,5,6,7,8)/p+1. The normalized spacial score (nSPS) is 13.7. The number of hydrogen-bond donors (Lipinski definition) is 4. The first-order valence-electron chi connectivity index (χ1n) is 2.76. The maximum Gasteiger partial charge on any atom is 0.480 e. The van der Waals surface area contributed by atoms with Crippen LogP contribution >= 0.6 is 13.5 Å². The Labute approximate surface area is 68.3 Å². The van der Waals surface area contributed by atoms with Gasteiger partial charge in [0.1, 0.15) is 0 Å². The van der Waals surface area contributed by atoms with Gasteiger partial charge in [0, 0.05) is 0 Å². The summed E-state index contributed by atoms with van der Waals surface area (Å²) in [7, 11) is -4.21. The molecule has 0 aromatic carbocycles.